The summed E-state index contributed by atoms with van der Waals surface area (Å²) in [7, 11) is 0.496. The quantitative estimate of drug-likeness (QED) is 0.0919. The SMILES string of the molecule is CCOc1ccc([Si]C(C)(OC(C)([Si]c2ccc(OCC)cc2)c2ccc(C)c(Oc3ccccc3)c2C)c2ccc(C)c(Oc3ccccc3)c2C)cc1. The zero-order valence-corrected chi connectivity index (χ0v) is 35.2. The van der Waals surface area contributed by atoms with E-state index in [-0.39, 0.29) is 19.0 Å². The molecule has 6 aromatic carbocycles. The molecule has 4 radical (unpaired) electrons. The predicted molar refractivity (Wildman–Crippen MR) is 227 cm³/mol. The van der Waals surface area contributed by atoms with Gasteiger partial charge in [-0.25, -0.2) is 0 Å². The van der Waals surface area contributed by atoms with Gasteiger partial charge in [0.05, 0.1) is 23.7 Å². The number of hydrogen-bond donors (Lipinski definition) is 0. The first-order chi connectivity index (χ1) is 26.5. The Kier molecular flexibility index (Phi) is 12.7. The van der Waals surface area contributed by atoms with Gasteiger partial charge < -0.3 is 23.7 Å². The summed E-state index contributed by atoms with van der Waals surface area (Å²) >= 11 is 0. The Morgan fingerprint density at radius 2 is 0.800 bits per heavy atom. The monoisotopic (exact) mass is 762 g/mol. The fourth-order valence-corrected chi connectivity index (χ4v) is 10.3. The van der Waals surface area contributed by atoms with Gasteiger partial charge in [-0.3, -0.25) is 0 Å². The summed E-state index contributed by atoms with van der Waals surface area (Å²) in [5.41, 5.74) is 6.37. The van der Waals surface area contributed by atoms with E-state index in [0.29, 0.717) is 13.2 Å². The molecule has 7 heteroatoms. The Morgan fingerprint density at radius 1 is 0.436 bits per heavy atom. The molecule has 280 valence electrons. The molecule has 0 saturated heterocycles. The van der Waals surface area contributed by atoms with Crippen molar-refractivity contribution in [2.24, 2.45) is 0 Å². The van der Waals surface area contributed by atoms with Crippen LogP contribution in [0.2, 0.25) is 0 Å². The highest BCUT2D eigenvalue weighted by Crippen LogP contribution is 2.43. The number of para-hydroxylation sites is 2. The van der Waals surface area contributed by atoms with Crippen LogP contribution in [0.1, 0.15) is 61.1 Å². The van der Waals surface area contributed by atoms with Crippen molar-refractivity contribution in [3.05, 3.63) is 167 Å². The first kappa shape index (κ1) is 39.6. The van der Waals surface area contributed by atoms with Gasteiger partial charge in [0.25, 0.3) is 0 Å². The fourth-order valence-electron chi connectivity index (χ4n) is 7.07. The van der Waals surface area contributed by atoms with E-state index < -0.39 is 10.4 Å². The van der Waals surface area contributed by atoms with Crippen LogP contribution < -0.4 is 29.3 Å². The van der Waals surface area contributed by atoms with Crippen molar-refractivity contribution in [1.82, 2.24) is 0 Å². The van der Waals surface area contributed by atoms with Crippen molar-refractivity contribution in [2.45, 2.75) is 65.8 Å². The lowest BCUT2D eigenvalue weighted by Crippen LogP contribution is -2.50. The third-order valence-electron chi connectivity index (χ3n) is 9.66. The molecule has 0 spiro atoms. The first-order valence-corrected chi connectivity index (χ1v) is 20.9. The van der Waals surface area contributed by atoms with Gasteiger partial charge in [0.15, 0.2) is 0 Å². The van der Waals surface area contributed by atoms with Crippen LogP contribution in [0.5, 0.6) is 34.5 Å². The Labute approximate surface area is 332 Å². The van der Waals surface area contributed by atoms with Gasteiger partial charge in [-0.2, -0.15) is 0 Å². The molecule has 0 aromatic heterocycles. The van der Waals surface area contributed by atoms with E-state index in [1.54, 1.807) is 0 Å². The zero-order chi connectivity index (χ0) is 39.0. The average Bonchev–Trinajstić information content (AvgIpc) is 3.17. The Bertz CT molecular complexity index is 2020. The van der Waals surface area contributed by atoms with Crippen molar-refractivity contribution in [3.63, 3.8) is 0 Å². The molecule has 0 fully saturated rings. The molecule has 0 bridgehead atoms. The standard InChI is InChI=1S/C48H50O5Si2/c1-9-49-37-23-27-41(28-24-37)54-47(7,43-31-21-33(3)45(35(43)5)51-39-17-13-11-14-18-39)53-48(8,55-42-29-25-38(26-30-42)50-10-2)44-32-22-34(4)46(36(44)6)52-40-19-15-12-16-20-40/h11-32H,9-10H2,1-8H3. The second-order valence-electron chi connectivity index (χ2n) is 13.9. The number of hydrogen-bond acceptors (Lipinski definition) is 5. The van der Waals surface area contributed by atoms with E-state index in [9.17, 15) is 0 Å². The summed E-state index contributed by atoms with van der Waals surface area (Å²) in [6.45, 7) is 18.2. The maximum absolute atomic E-state index is 7.86. The molecular weight excluding hydrogens is 713 g/mol. The van der Waals surface area contributed by atoms with Crippen molar-refractivity contribution in [1.29, 1.82) is 0 Å². The molecule has 0 aliphatic carbocycles. The van der Waals surface area contributed by atoms with Gasteiger partial charge in [-0.05, 0) is 137 Å². The normalized spacial score (nSPS) is 13.4. The van der Waals surface area contributed by atoms with Crippen LogP contribution in [-0.4, -0.2) is 32.3 Å². The maximum Gasteiger partial charge on any atom is 0.133 e. The predicted octanol–water partition coefficient (Wildman–Crippen LogP) is 10.4. The minimum Gasteiger partial charge on any atom is -0.494 e. The topological polar surface area (TPSA) is 46.2 Å². The van der Waals surface area contributed by atoms with Crippen LogP contribution in [0.15, 0.2) is 133 Å². The van der Waals surface area contributed by atoms with Crippen molar-refractivity contribution >= 4 is 29.4 Å². The highest BCUT2D eigenvalue weighted by Gasteiger charge is 2.42. The van der Waals surface area contributed by atoms with E-state index in [0.717, 1.165) is 78.3 Å². The summed E-state index contributed by atoms with van der Waals surface area (Å²) in [5, 5.41) is 0.753. The highest BCUT2D eigenvalue weighted by atomic mass is 28.2. The second-order valence-corrected chi connectivity index (χ2v) is 17.5. The van der Waals surface area contributed by atoms with E-state index >= 15 is 0 Å². The summed E-state index contributed by atoms with van der Waals surface area (Å²) in [6, 6.07) is 45.5. The van der Waals surface area contributed by atoms with Crippen LogP contribution in [0.25, 0.3) is 0 Å². The molecule has 2 atom stereocenters. The third kappa shape index (κ3) is 9.42. The largest absolute Gasteiger partial charge is 0.494 e. The molecule has 0 amide bonds. The average molecular weight is 763 g/mol. The minimum absolute atomic E-state index is 0.248. The van der Waals surface area contributed by atoms with Gasteiger partial charge in [0.2, 0.25) is 0 Å². The van der Waals surface area contributed by atoms with Crippen LogP contribution in [0, 0.1) is 27.7 Å². The van der Waals surface area contributed by atoms with E-state index in [2.05, 4.69) is 114 Å². The van der Waals surface area contributed by atoms with Crippen molar-refractivity contribution in [3.8, 4) is 34.5 Å². The Balaban J connectivity index is 1.51. The van der Waals surface area contributed by atoms with Gasteiger partial charge in [-0.15, -0.1) is 0 Å². The van der Waals surface area contributed by atoms with Crippen LogP contribution in [0.3, 0.4) is 0 Å². The highest BCUT2D eigenvalue weighted by molar-refractivity contribution is 6.58. The number of rotatable bonds is 16. The van der Waals surface area contributed by atoms with E-state index in [1.807, 2.05) is 74.5 Å². The maximum atomic E-state index is 7.86. The second kappa shape index (κ2) is 17.6. The lowest BCUT2D eigenvalue weighted by Gasteiger charge is -2.43. The molecule has 0 saturated carbocycles. The molecule has 6 rings (SSSR count). The van der Waals surface area contributed by atoms with E-state index in [4.69, 9.17) is 23.7 Å². The van der Waals surface area contributed by atoms with Crippen molar-refractivity contribution in [2.75, 3.05) is 13.2 Å². The smallest absolute Gasteiger partial charge is 0.133 e. The minimum atomic E-state index is -0.787. The molecular formula is C48H50O5Si2. The summed E-state index contributed by atoms with van der Waals surface area (Å²) < 4.78 is 32.7. The molecule has 2 unspecified atom stereocenters. The Hall–Kier alpha value is -5.09. The van der Waals surface area contributed by atoms with Gasteiger partial charge in [-0.1, -0.05) is 95.3 Å². The van der Waals surface area contributed by atoms with E-state index in [1.165, 1.54) is 0 Å². The van der Waals surface area contributed by atoms with Gasteiger partial charge in [0.1, 0.15) is 53.5 Å². The molecule has 5 nitrogen and oxygen atoms in total. The van der Waals surface area contributed by atoms with Crippen LogP contribution in [-0.2, 0) is 15.2 Å². The number of ether oxygens (including phenoxy) is 5. The molecule has 0 aliphatic rings. The number of benzene rings is 6. The third-order valence-corrected chi connectivity index (χ3v) is 12.6. The summed E-state index contributed by atoms with van der Waals surface area (Å²) in [4.78, 5) is 0. The molecule has 6 aromatic rings. The van der Waals surface area contributed by atoms with Gasteiger partial charge in [0, 0.05) is 0 Å². The van der Waals surface area contributed by atoms with Crippen molar-refractivity contribution < 1.29 is 23.7 Å². The molecule has 0 heterocycles. The van der Waals surface area contributed by atoms with Crippen LogP contribution in [0.4, 0.5) is 0 Å². The molecule has 0 N–H and O–H groups in total. The van der Waals surface area contributed by atoms with Gasteiger partial charge >= 0.3 is 0 Å². The Morgan fingerprint density at radius 3 is 1.15 bits per heavy atom. The lowest BCUT2D eigenvalue weighted by molar-refractivity contribution is -0.0591. The fraction of sp³-hybridized carbons (Fsp3) is 0.250. The zero-order valence-electron chi connectivity index (χ0n) is 33.2. The first-order valence-electron chi connectivity index (χ1n) is 18.9. The molecule has 55 heavy (non-hydrogen) atoms. The summed E-state index contributed by atoms with van der Waals surface area (Å²) in [5.74, 6) is 4.99. The lowest BCUT2D eigenvalue weighted by atomic mass is 9.97. The van der Waals surface area contributed by atoms with Crippen LogP contribution >= 0.6 is 0 Å². The number of aryl methyl sites for hydroxylation is 2. The molecule has 0 aliphatic heterocycles. The summed E-state index contributed by atoms with van der Waals surface area (Å²) in [6.07, 6.45) is 0.